The average molecular weight is 519 g/mol. The fourth-order valence-electron chi connectivity index (χ4n) is 3.76. The molecule has 2 aromatic heterocycles. The molecule has 0 N–H and O–H groups in total. The molecule has 0 bridgehead atoms. The van der Waals surface area contributed by atoms with Gasteiger partial charge in [0.1, 0.15) is 11.4 Å². The van der Waals surface area contributed by atoms with Crippen LogP contribution in [0.2, 0.25) is 0 Å². The second-order valence-corrected chi connectivity index (χ2v) is 9.05. The molecule has 0 radical (unpaired) electrons. The van der Waals surface area contributed by atoms with E-state index in [-0.39, 0.29) is 11.6 Å². The standard InChI is InChI=1S/C24H21F3N4O4S/c1-13(22(33)29(2)3)35-17-8-6-5-7-15(17)21-16-11-14(9-10-18(16)36-28-21)31-20(32)12-19(24(25,26)27)30(4)23(31)34/h5-13H,1-4H3. The van der Waals surface area contributed by atoms with E-state index in [0.717, 1.165) is 11.7 Å². The predicted molar refractivity (Wildman–Crippen MR) is 130 cm³/mol. The zero-order chi connectivity index (χ0) is 26.4. The molecule has 0 spiro atoms. The number of hydrogen-bond acceptors (Lipinski definition) is 6. The van der Waals surface area contributed by atoms with Gasteiger partial charge in [0, 0.05) is 38.2 Å². The van der Waals surface area contributed by atoms with Crippen LogP contribution in [-0.4, -0.2) is 44.5 Å². The lowest BCUT2D eigenvalue weighted by molar-refractivity contribution is -0.144. The Bertz CT molecular complexity index is 1590. The highest BCUT2D eigenvalue weighted by molar-refractivity contribution is 7.13. The molecule has 8 nitrogen and oxygen atoms in total. The number of fused-ring (bicyclic) bond motifs is 1. The number of ether oxygens (including phenoxy) is 1. The van der Waals surface area contributed by atoms with Crippen LogP contribution in [0.5, 0.6) is 5.75 Å². The van der Waals surface area contributed by atoms with Crippen molar-refractivity contribution in [3.8, 4) is 22.7 Å². The van der Waals surface area contributed by atoms with Gasteiger partial charge in [0.05, 0.1) is 16.1 Å². The molecular formula is C24H21F3N4O4S. The van der Waals surface area contributed by atoms with Gasteiger partial charge in [-0.2, -0.15) is 17.5 Å². The van der Waals surface area contributed by atoms with E-state index in [2.05, 4.69) is 4.37 Å². The first-order valence-electron chi connectivity index (χ1n) is 10.7. The van der Waals surface area contributed by atoms with Gasteiger partial charge in [-0.1, -0.05) is 12.1 Å². The first-order valence-corrected chi connectivity index (χ1v) is 11.4. The average Bonchev–Trinajstić information content (AvgIpc) is 3.23. The highest BCUT2D eigenvalue weighted by Crippen LogP contribution is 2.37. The van der Waals surface area contributed by atoms with E-state index < -0.39 is 29.2 Å². The monoisotopic (exact) mass is 518 g/mol. The molecular weight excluding hydrogens is 497 g/mol. The van der Waals surface area contributed by atoms with Crippen molar-refractivity contribution in [1.29, 1.82) is 0 Å². The minimum atomic E-state index is -4.85. The molecule has 36 heavy (non-hydrogen) atoms. The molecule has 4 aromatic rings. The maximum atomic E-state index is 13.2. The van der Waals surface area contributed by atoms with E-state index >= 15 is 0 Å². The van der Waals surface area contributed by atoms with Crippen LogP contribution in [0, 0.1) is 0 Å². The van der Waals surface area contributed by atoms with Crippen LogP contribution in [0.3, 0.4) is 0 Å². The fraction of sp³-hybridized carbons (Fsp3) is 0.250. The zero-order valence-electron chi connectivity index (χ0n) is 19.7. The van der Waals surface area contributed by atoms with Crippen LogP contribution < -0.4 is 16.0 Å². The molecule has 0 aliphatic heterocycles. The third-order valence-electron chi connectivity index (χ3n) is 5.56. The highest BCUT2D eigenvalue weighted by Gasteiger charge is 2.35. The lowest BCUT2D eigenvalue weighted by Gasteiger charge is -2.19. The molecule has 0 saturated heterocycles. The van der Waals surface area contributed by atoms with Gasteiger partial charge >= 0.3 is 11.9 Å². The first kappa shape index (κ1) is 25.2. The van der Waals surface area contributed by atoms with Gasteiger partial charge in [-0.25, -0.2) is 9.36 Å². The normalized spacial score (nSPS) is 12.5. The summed E-state index contributed by atoms with van der Waals surface area (Å²) in [5.41, 5.74) is -2.41. The molecule has 2 heterocycles. The molecule has 12 heteroatoms. The Balaban J connectivity index is 1.85. The number of para-hydroxylation sites is 1. The van der Waals surface area contributed by atoms with Crippen molar-refractivity contribution in [3.05, 3.63) is 75.1 Å². The van der Waals surface area contributed by atoms with E-state index in [1.807, 2.05) is 0 Å². The minimum absolute atomic E-state index is 0.0952. The Morgan fingerprint density at radius 3 is 2.47 bits per heavy atom. The van der Waals surface area contributed by atoms with Crippen molar-refractivity contribution in [2.75, 3.05) is 14.1 Å². The molecule has 188 valence electrons. The number of likely N-dealkylation sites (N-methyl/N-ethyl adjacent to an activating group) is 1. The number of carbonyl (C=O) groups excluding carboxylic acids is 1. The molecule has 1 amide bonds. The van der Waals surface area contributed by atoms with E-state index in [1.54, 1.807) is 51.4 Å². The Morgan fingerprint density at radius 2 is 1.81 bits per heavy atom. The Labute approximate surface area is 206 Å². The second-order valence-electron chi connectivity index (χ2n) is 8.24. The first-order chi connectivity index (χ1) is 16.9. The van der Waals surface area contributed by atoms with Crippen molar-refractivity contribution in [1.82, 2.24) is 18.4 Å². The molecule has 0 fully saturated rings. The van der Waals surface area contributed by atoms with Gasteiger partial charge in [0.15, 0.2) is 6.10 Å². The van der Waals surface area contributed by atoms with Gasteiger partial charge in [-0.05, 0) is 48.8 Å². The number of alkyl halides is 3. The maximum absolute atomic E-state index is 13.2. The van der Waals surface area contributed by atoms with Gasteiger partial charge < -0.3 is 9.64 Å². The zero-order valence-corrected chi connectivity index (χ0v) is 20.5. The van der Waals surface area contributed by atoms with Crippen LogP contribution in [0.15, 0.2) is 58.1 Å². The van der Waals surface area contributed by atoms with E-state index in [1.165, 1.54) is 28.6 Å². The molecule has 2 aromatic carbocycles. The molecule has 1 unspecified atom stereocenters. The number of halogens is 3. The van der Waals surface area contributed by atoms with Gasteiger partial charge in [-0.3, -0.25) is 14.2 Å². The minimum Gasteiger partial charge on any atom is -0.480 e. The highest BCUT2D eigenvalue weighted by atomic mass is 32.1. The van der Waals surface area contributed by atoms with Crippen LogP contribution in [0.1, 0.15) is 12.6 Å². The van der Waals surface area contributed by atoms with Crippen molar-refractivity contribution < 1.29 is 22.7 Å². The fourth-order valence-corrected chi connectivity index (χ4v) is 4.53. The van der Waals surface area contributed by atoms with E-state index in [0.29, 0.717) is 37.6 Å². The summed E-state index contributed by atoms with van der Waals surface area (Å²) in [5, 5.41) is 0.564. The van der Waals surface area contributed by atoms with Crippen LogP contribution >= 0.6 is 11.5 Å². The third kappa shape index (κ3) is 4.51. The van der Waals surface area contributed by atoms with Crippen molar-refractivity contribution in [3.63, 3.8) is 0 Å². The Hall–Kier alpha value is -3.93. The summed E-state index contributed by atoms with van der Waals surface area (Å²) < 4.78 is 51.9. The molecule has 0 aliphatic carbocycles. The van der Waals surface area contributed by atoms with Crippen LogP contribution in [0.25, 0.3) is 27.0 Å². The lowest BCUT2D eigenvalue weighted by atomic mass is 10.1. The smallest absolute Gasteiger partial charge is 0.431 e. The predicted octanol–water partition coefficient (Wildman–Crippen LogP) is 3.69. The number of nitrogens with zero attached hydrogens (tertiary/aromatic N) is 4. The molecule has 4 rings (SSSR count). The summed E-state index contributed by atoms with van der Waals surface area (Å²) in [7, 11) is 4.20. The van der Waals surface area contributed by atoms with Crippen LogP contribution in [0.4, 0.5) is 13.2 Å². The second kappa shape index (κ2) is 9.26. The summed E-state index contributed by atoms with van der Waals surface area (Å²) >= 11 is 1.17. The largest absolute Gasteiger partial charge is 0.480 e. The number of hydrogen-bond donors (Lipinski definition) is 0. The van der Waals surface area contributed by atoms with Crippen LogP contribution in [-0.2, 0) is 18.0 Å². The van der Waals surface area contributed by atoms with Crippen molar-refractivity contribution in [2.45, 2.75) is 19.2 Å². The maximum Gasteiger partial charge on any atom is 0.431 e. The number of aromatic nitrogens is 3. The third-order valence-corrected chi connectivity index (χ3v) is 6.38. The summed E-state index contributed by atoms with van der Waals surface area (Å²) in [4.78, 5) is 39.0. The summed E-state index contributed by atoms with van der Waals surface area (Å²) in [6.07, 6.45) is -5.62. The number of carbonyl (C=O) groups is 1. The summed E-state index contributed by atoms with van der Waals surface area (Å²) in [5.74, 6) is 0.174. The number of rotatable bonds is 5. The Morgan fingerprint density at radius 1 is 1.11 bits per heavy atom. The van der Waals surface area contributed by atoms with Gasteiger partial charge in [0.2, 0.25) is 0 Å². The SMILES string of the molecule is CC(Oc1ccccc1-c1nsc2ccc(-n3c(=O)cc(C(F)(F)F)n(C)c3=O)cc12)C(=O)N(C)C. The molecule has 0 aliphatic rings. The topological polar surface area (TPSA) is 86.4 Å². The molecule has 1 atom stereocenters. The molecule has 0 saturated carbocycles. The lowest BCUT2D eigenvalue weighted by Crippen LogP contribution is -2.40. The van der Waals surface area contributed by atoms with Gasteiger partial charge in [-0.15, -0.1) is 0 Å². The summed E-state index contributed by atoms with van der Waals surface area (Å²) in [6.45, 7) is 1.63. The van der Waals surface area contributed by atoms with Crippen molar-refractivity contribution in [2.24, 2.45) is 7.05 Å². The quantitative estimate of drug-likeness (QED) is 0.402. The Kier molecular flexibility index (Phi) is 6.48. The summed E-state index contributed by atoms with van der Waals surface area (Å²) in [6, 6.07) is 12.0. The van der Waals surface area contributed by atoms with E-state index in [9.17, 15) is 27.6 Å². The number of amides is 1. The number of benzene rings is 2. The van der Waals surface area contributed by atoms with Crippen molar-refractivity contribution >= 4 is 27.5 Å². The van der Waals surface area contributed by atoms with Gasteiger partial charge in [0.25, 0.3) is 11.5 Å². The van der Waals surface area contributed by atoms with E-state index in [4.69, 9.17) is 4.74 Å².